The minimum absolute atomic E-state index is 0.176. The Hall–Kier alpha value is -1.51. The Morgan fingerprint density at radius 1 is 1.35 bits per heavy atom. The average molecular weight is 232 g/mol. The van der Waals surface area contributed by atoms with E-state index in [1.807, 2.05) is 31.3 Å². The van der Waals surface area contributed by atoms with Gasteiger partial charge in [-0.3, -0.25) is 4.79 Å². The smallest absolute Gasteiger partial charge is 0.227 e. The molecule has 0 saturated heterocycles. The van der Waals surface area contributed by atoms with E-state index in [1.54, 1.807) is 4.90 Å². The topological polar surface area (TPSA) is 46.3 Å². The van der Waals surface area contributed by atoms with Gasteiger partial charge in [-0.15, -0.1) is 0 Å². The highest BCUT2D eigenvalue weighted by molar-refractivity contribution is 5.95. The quantitative estimate of drug-likeness (QED) is 0.814. The summed E-state index contributed by atoms with van der Waals surface area (Å²) >= 11 is 0. The lowest BCUT2D eigenvalue weighted by Crippen LogP contribution is -2.28. The fourth-order valence-corrected chi connectivity index (χ4v) is 2.53. The van der Waals surface area contributed by atoms with E-state index in [1.165, 1.54) is 25.7 Å². The van der Waals surface area contributed by atoms with Gasteiger partial charge in [-0.25, -0.2) is 0 Å². The molecule has 1 fully saturated rings. The van der Waals surface area contributed by atoms with Crippen molar-refractivity contribution < 1.29 is 4.79 Å². The summed E-state index contributed by atoms with van der Waals surface area (Å²) in [7, 11) is 1.81. The molecular weight excluding hydrogens is 212 g/mol. The molecular formula is C14H20N2O. The lowest BCUT2D eigenvalue weighted by molar-refractivity contribution is -0.119. The number of benzene rings is 1. The van der Waals surface area contributed by atoms with Crippen LogP contribution in [0.3, 0.4) is 0 Å². The van der Waals surface area contributed by atoms with Gasteiger partial charge in [-0.1, -0.05) is 25.0 Å². The van der Waals surface area contributed by atoms with Crippen molar-refractivity contribution in [2.24, 2.45) is 5.92 Å². The van der Waals surface area contributed by atoms with Crippen molar-refractivity contribution in [1.82, 2.24) is 0 Å². The third-order valence-electron chi connectivity index (χ3n) is 3.61. The summed E-state index contributed by atoms with van der Waals surface area (Å²) in [5.41, 5.74) is 7.35. The predicted octanol–water partition coefficient (Wildman–Crippen LogP) is 2.81. The average Bonchev–Trinajstić information content (AvgIpc) is 2.81. The van der Waals surface area contributed by atoms with E-state index in [0.29, 0.717) is 18.0 Å². The zero-order valence-corrected chi connectivity index (χ0v) is 10.4. The third-order valence-corrected chi connectivity index (χ3v) is 3.61. The number of amides is 1. The number of anilines is 2. The molecule has 0 aromatic heterocycles. The van der Waals surface area contributed by atoms with Gasteiger partial charge in [0, 0.05) is 13.5 Å². The fraction of sp³-hybridized carbons (Fsp3) is 0.500. The molecule has 0 heterocycles. The van der Waals surface area contributed by atoms with Gasteiger partial charge in [0.2, 0.25) is 5.91 Å². The van der Waals surface area contributed by atoms with Crippen LogP contribution in [0.1, 0.15) is 32.1 Å². The van der Waals surface area contributed by atoms with Crippen LogP contribution in [-0.2, 0) is 4.79 Å². The molecule has 1 amide bonds. The van der Waals surface area contributed by atoms with Crippen LogP contribution in [0.5, 0.6) is 0 Å². The highest BCUT2D eigenvalue weighted by Gasteiger charge is 2.21. The second-order valence-corrected chi connectivity index (χ2v) is 4.87. The van der Waals surface area contributed by atoms with Gasteiger partial charge >= 0.3 is 0 Å². The van der Waals surface area contributed by atoms with E-state index in [0.717, 1.165) is 5.69 Å². The fourth-order valence-electron chi connectivity index (χ4n) is 2.53. The zero-order chi connectivity index (χ0) is 12.3. The van der Waals surface area contributed by atoms with Crippen LogP contribution >= 0.6 is 0 Å². The maximum Gasteiger partial charge on any atom is 0.227 e. The highest BCUT2D eigenvalue weighted by atomic mass is 16.2. The number of nitrogens with zero attached hydrogens (tertiary/aromatic N) is 1. The van der Waals surface area contributed by atoms with Crippen LogP contribution in [0.15, 0.2) is 24.3 Å². The first-order valence-electron chi connectivity index (χ1n) is 6.29. The second-order valence-electron chi connectivity index (χ2n) is 4.87. The summed E-state index contributed by atoms with van der Waals surface area (Å²) in [4.78, 5) is 13.8. The lowest BCUT2D eigenvalue weighted by Gasteiger charge is -2.20. The number of hydrogen-bond acceptors (Lipinski definition) is 2. The molecule has 0 aliphatic heterocycles. The summed E-state index contributed by atoms with van der Waals surface area (Å²) in [5.74, 6) is 0.754. The molecule has 0 atom stereocenters. The van der Waals surface area contributed by atoms with E-state index >= 15 is 0 Å². The summed E-state index contributed by atoms with van der Waals surface area (Å²) in [6, 6.07) is 7.51. The maximum absolute atomic E-state index is 12.1. The molecule has 1 saturated carbocycles. The Labute approximate surface area is 103 Å². The van der Waals surface area contributed by atoms with E-state index in [9.17, 15) is 4.79 Å². The summed E-state index contributed by atoms with van der Waals surface area (Å²) in [6.07, 6.45) is 5.60. The number of rotatable bonds is 3. The van der Waals surface area contributed by atoms with Crippen molar-refractivity contribution in [3.8, 4) is 0 Å². The van der Waals surface area contributed by atoms with Gasteiger partial charge in [0.1, 0.15) is 0 Å². The molecule has 1 aromatic carbocycles. The summed E-state index contributed by atoms with van der Waals surface area (Å²) in [5, 5.41) is 0. The van der Waals surface area contributed by atoms with E-state index in [2.05, 4.69) is 0 Å². The SMILES string of the molecule is CN(C(=O)CC1CCCC1)c1ccccc1N. The summed E-state index contributed by atoms with van der Waals surface area (Å²) < 4.78 is 0. The minimum Gasteiger partial charge on any atom is -0.397 e. The number of carbonyl (C=O) groups is 1. The van der Waals surface area contributed by atoms with Crippen molar-refractivity contribution >= 4 is 17.3 Å². The molecule has 2 N–H and O–H groups in total. The largest absolute Gasteiger partial charge is 0.397 e. The Kier molecular flexibility index (Phi) is 3.67. The van der Waals surface area contributed by atoms with Crippen molar-refractivity contribution in [2.75, 3.05) is 17.7 Å². The predicted molar refractivity (Wildman–Crippen MR) is 70.8 cm³/mol. The Morgan fingerprint density at radius 3 is 2.65 bits per heavy atom. The van der Waals surface area contributed by atoms with Crippen molar-refractivity contribution in [2.45, 2.75) is 32.1 Å². The number of hydrogen-bond donors (Lipinski definition) is 1. The molecule has 0 unspecified atom stereocenters. The first-order valence-corrected chi connectivity index (χ1v) is 6.29. The monoisotopic (exact) mass is 232 g/mol. The molecule has 0 radical (unpaired) electrons. The van der Waals surface area contributed by atoms with E-state index in [-0.39, 0.29) is 5.91 Å². The second kappa shape index (κ2) is 5.21. The molecule has 92 valence electrons. The molecule has 1 aromatic rings. The van der Waals surface area contributed by atoms with Crippen LogP contribution in [0.25, 0.3) is 0 Å². The summed E-state index contributed by atoms with van der Waals surface area (Å²) in [6.45, 7) is 0. The number of nitrogens with two attached hydrogens (primary N) is 1. The van der Waals surface area contributed by atoms with Crippen LogP contribution in [0.2, 0.25) is 0 Å². The molecule has 1 aliphatic carbocycles. The molecule has 17 heavy (non-hydrogen) atoms. The Bertz CT molecular complexity index is 397. The van der Waals surface area contributed by atoms with Crippen molar-refractivity contribution in [3.05, 3.63) is 24.3 Å². The maximum atomic E-state index is 12.1. The molecule has 0 spiro atoms. The van der Waals surface area contributed by atoms with Gasteiger partial charge in [0.15, 0.2) is 0 Å². The van der Waals surface area contributed by atoms with Crippen molar-refractivity contribution in [3.63, 3.8) is 0 Å². The van der Waals surface area contributed by atoms with Gasteiger partial charge in [0.05, 0.1) is 11.4 Å². The van der Waals surface area contributed by atoms with Crippen LogP contribution in [0, 0.1) is 5.92 Å². The minimum atomic E-state index is 0.176. The highest BCUT2D eigenvalue weighted by Crippen LogP contribution is 2.29. The first-order chi connectivity index (χ1) is 8.18. The molecule has 0 bridgehead atoms. The number of para-hydroxylation sites is 2. The Morgan fingerprint density at radius 2 is 2.00 bits per heavy atom. The normalized spacial score (nSPS) is 16.1. The number of carbonyl (C=O) groups excluding carboxylic acids is 1. The molecule has 3 heteroatoms. The van der Waals surface area contributed by atoms with Gasteiger partial charge in [0.25, 0.3) is 0 Å². The molecule has 3 nitrogen and oxygen atoms in total. The first kappa shape index (κ1) is 12.0. The van der Waals surface area contributed by atoms with E-state index < -0.39 is 0 Å². The molecule has 2 rings (SSSR count). The van der Waals surface area contributed by atoms with Crippen LogP contribution < -0.4 is 10.6 Å². The lowest BCUT2D eigenvalue weighted by atomic mass is 10.0. The van der Waals surface area contributed by atoms with Crippen LogP contribution in [-0.4, -0.2) is 13.0 Å². The van der Waals surface area contributed by atoms with Gasteiger partial charge < -0.3 is 10.6 Å². The number of nitrogen functional groups attached to an aromatic ring is 1. The Balaban J connectivity index is 2.01. The van der Waals surface area contributed by atoms with Gasteiger partial charge in [-0.05, 0) is 30.9 Å². The van der Waals surface area contributed by atoms with Crippen LogP contribution in [0.4, 0.5) is 11.4 Å². The standard InChI is InChI=1S/C14H20N2O/c1-16(13-9-5-4-8-12(13)15)14(17)10-11-6-2-3-7-11/h4-5,8-9,11H,2-3,6-7,10,15H2,1H3. The van der Waals surface area contributed by atoms with Crippen molar-refractivity contribution in [1.29, 1.82) is 0 Å². The molecule has 1 aliphatic rings. The van der Waals surface area contributed by atoms with E-state index in [4.69, 9.17) is 5.73 Å². The third kappa shape index (κ3) is 2.78. The zero-order valence-electron chi connectivity index (χ0n) is 10.4. The van der Waals surface area contributed by atoms with Gasteiger partial charge in [-0.2, -0.15) is 0 Å².